The molecule has 0 saturated carbocycles. The first-order chi connectivity index (χ1) is 5.68. The minimum absolute atomic E-state index is 0.173. The summed E-state index contributed by atoms with van der Waals surface area (Å²) in [6, 6.07) is 0. The van der Waals surface area contributed by atoms with Crippen molar-refractivity contribution in [2.24, 2.45) is 5.41 Å². The maximum Gasteiger partial charge on any atom is 0.0470 e. The van der Waals surface area contributed by atoms with Gasteiger partial charge in [0.2, 0.25) is 0 Å². The van der Waals surface area contributed by atoms with E-state index in [2.05, 4.69) is 25.7 Å². The summed E-state index contributed by atoms with van der Waals surface area (Å²) in [5, 5.41) is 3.32. The standard InChI is InChI=1S/C10H21NO/c1-5-10(3,7-8-12-4)9-11-6-2/h5,11H,1,6-9H2,2-4H3. The molecule has 0 aliphatic carbocycles. The average molecular weight is 171 g/mol. The lowest BCUT2D eigenvalue weighted by Crippen LogP contribution is -2.31. The molecule has 0 aliphatic heterocycles. The van der Waals surface area contributed by atoms with Crippen LogP contribution >= 0.6 is 0 Å². The van der Waals surface area contributed by atoms with Gasteiger partial charge in [-0.25, -0.2) is 0 Å². The molecule has 0 radical (unpaired) electrons. The highest BCUT2D eigenvalue weighted by Crippen LogP contribution is 2.21. The van der Waals surface area contributed by atoms with Crippen molar-refractivity contribution >= 4 is 0 Å². The van der Waals surface area contributed by atoms with Gasteiger partial charge in [-0.1, -0.05) is 19.9 Å². The van der Waals surface area contributed by atoms with Gasteiger partial charge in [-0.3, -0.25) is 0 Å². The topological polar surface area (TPSA) is 21.3 Å². The molecule has 1 unspecified atom stereocenters. The van der Waals surface area contributed by atoms with Gasteiger partial charge in [0.05, 0.1) is 0 Å². The monoisotopic (exact) mass is 171 g/mol. The summed E-state index contributed by atoms with van der Waals surface area (Å²) in [6.45, 7) is 10.9. The molecule has 1 atom stereocenters. The molecule has 12 heavy (non-hydrogen) atoms. The van der Waals surface area contributed by atoms with Crippen molar-refractivity contribution in [3.63, 3.8) is 0 Å². The number of methoxy groups -OCH3 is 1. The van der Waals surface area contributed by atoms with Gasteiger partial charge >= 0.3 is 0 Å². The van der Waals surface area contributed by atoms with Crippen LogP contribution in [0, 0.1) is 5.41 Å². The summed E-state index contributed by atoms with van der Waals surface area (Å²) in [5.74, 6) is 0. The van der Waals surface area contributed by atoms with Gasteiger partial charge in [0.15, 0.2) is 0 Å². The zero-order chi connectivity index (χ0) is 9.45. The third kappa shape index (κ3) is 4.52. The largest absolute Gasteiger partial charge is 0.385 e. The molecular formula is C10H21NO. The normalized spacial score (nSPS) is 15.6. The van der Waals surface area contributed by atoms with Gasteiger partial charge in [0.25, 0.3) is 0 Å². The van der Waals surface area contributed by atoms with Gasteiger partial charge < -0.3 is 10.1 Å². The lowest BCUT2D eigenvalue weighted by Gasteiger charge is -2.25. The van der Waals surface area contributed by atoms with E-state index in [9.17, 15) is 0 Å². The first-order valence-electron chi connectivity index (χ1n) is 4.52. The summed E-state index contributed by atoms with van der Waals surface area (Å²) in [6.07, 6.45) is 3.04. The number of rotatable bonds is 7. The molecule has 0 spiro atoms. The predicted molar refractivity (Wildman–Crippen MR) is 53.3 cm³/mol. The molecule has 0 aromatic heterocycles. The van der Waals surface area contributed by atoms with E-state index in [0.717, 1.165) is 26.1 Å². The molecule has 0 aromatic carbocycles. The highest BCUT2D eigenvalue weighted by Gasteiger charge is 2.18. The number of hydrogen-bond donors (Lipinski definition) is 1. The van der Waals surface area contributed by atoms with E-state index < -0.39 is 0 Å². The fourth-order valence-electron chi connectivity index (χ4n) is 1.01. The Labute approximate surface area is 76.0 Å². The van der Waals surface area contributed by atoms with Gasteiger partial charge in [0.1, 0.15) is 0 Å². The average Bonchev–Trinajstić information content (AvgIpc) is 2.11. The van der Waals surface area contributed by atoms with Crippen LogP contribution in [0.5, 0.6) is 0 Å². The molecule has 0 aromatic rings. The second-order valence-corrected chi connectivity index (χ2v) is 3.38. The molecule has 2 heteroatoms. The minimum atomic E-state index is 0.173. The Balaban J connectivity index is 3.78. The zero-order valence-electron chi connectivity index (χ0n) is 8.52. The third-order valence-electron chi connectivity index (χ3n) is 2.15. The van der Waals surface area contributed by atoms with Gasteiger partial charge in [-0.05, 0) is 18.4 Å². The Morgan fingerprint density at radius 3 is 2.67 bits per heavy atom. The highest BCUT2D eigenvalue weighted by atomic mass is 16.5. The maximum atomic E-state index is 5.04. The second kappa shape index (κ2) is 6.21. The van der Waals surface area contributed by atoms with E-state index in [4.69, 9.17) is 4.74 Å². The van der Waals surface area contributed by atoms with E-state index in [-0.39, 0.29) is 5.41 Å². The summed E-state index contributed by atoms with van der Waals surface area (Å²) in [7, 11) is 1.73. The fraction of sp³-hybridized carbons (Fsp3) is 0.800. The Hall–Kier alpha value is -0.340. The summed E-state index contributed by atoms with van der Waals surface area (Å²) in [5.41, 5.74) is 0.173. The molecule has 0 saturated heterocycles. The first-order valence-corrected chi connectivity index (χ1v) is 4.52. The molecule has 0 rings (SSSR count). The second-order valence-electron chi connectivity index (χ2n) is 3.38. The number of ether oxygens (including phenoxy) is 1. The number of nitrogens with one attached hydrogen (secondary N) is 1. The summed E-state index contributed by atoms with van der Waals surface area (Å²) >= 11 is 0. The molecule has 0 fully saturated rings. The van der Waals surface area contributed by atoms with Crippen LogP contribution in [-0.4, -0.2) is 26.8 Å². The summed E-state index contributed by atoms with van der Waals surface area (Å²) in [4.78, 5) is 0. The van der Waals surface area contributed by atoms with Crippen molar-refractivity contribution in [2.75, 3.05) is 26.8 Å². The Morgan fingerprint density at radius 2 is 2.25 bits per heavy atom. The lowest BCUT2D eigenvalue weighted by molar-refractivity contribution is 0.162. The molecule has 2 nitrogen and oxygen atoms in total. The van der Waals surface area contributed by atoms with Crippen molar-refractivity contribution in [3.8, 4) is 0 Å². The summed E-state index contributed by atoms with van der Waals surface area (Å²) < 4.78 is 5.04. The molecule has 1 N–H and O–H groups in total. The van der Waals surface area contributed by atoms with Crippen molar-refractivity contribution in [1.29, 1.82) is 0 Å². The smallest absolute Gasteiger partial charge is 0.0470 e. The predicted octanol–water partition coefficient (Wildman–Crippen LogP) is 1.82. The van der Waals surface area contributed by atoms with Crippen LogP contribution in [0.3, 0.4) is 0 Å². The van der Waals surface area contributed by atoms with E-state index in [1.54, 1.807) is 7.11 Å². The van der Waals surface area contributed by atoms with Crippen molar-refractivity contribution in [3.05, 3.63) is 12.7 Å². The Kier molecular flexibility index (Phi) is 6.03. The van der Waals surface area contributed by atoms with E-state index in [1.165, 1.54) is 0 Å². The van der Waals surface area contributed by atoms with Gasteiger partial charge in [0, 0.05) is 20.3 Å². The van der Waals surface area contributed by atoms with Crippen LogP contribution in [0.1, 0.15) is 20.3 Å². The fourth-order valence-corrected chi connectivity index (χ4v) is 1.01. The van der Waals surface area contributed by atoms with Crippen molar-refractivity contribution in [1.82, 2.24) is 5.32 Å². The lowest BCUT2D eigenvalue weighted by atomic mass is 9.87. The van der Waals surface area contributed by atoms with E-state index >= 15 is 0 Å². The van der Waals surface area contributed by atoms with Crippen LogP contribution in [0.25, 0.3) is 0 Å². The molecule has 0 amide bonds. The number of hydrogen-bond acceptors (Lipinski definition) is 2. The maximum absolute atomic E-state index is 5.04. The Morgan fingerprint density at radius 1 is 1.58 bits per heavy atom. The molecule has 0 aliphatic rings. The van der Waals surface area contributed by atoms with Gasteiger partial charge in [-0.2, -0.15) is 0 Å². The molecular weight excluding hydrogens is 150 g/mol. The van der Waals surface area contributed by atoms with Crippen LogP contribution in [0.15, 0.2) is 12.7 Å². The first kappa shape index (κ1) is 11.7. The third-order valence-corrected chi connectivity index (χ3v) is 2.15. The molecule has 0 heterocycles. The van der Waals surface area contributed by atoms with Crippen molar-refractivity contribution < 1.29 is 4.74 Å². The van der Waals surface area contributed by atoms with Crippen LogP contribution in [0.2, 0.25) is 0 Å². The molecule has 72 valence electrons. The van der Waals surface area contributed by atoms with E-state index in [1.807, 2.05) is 6.08 Å². The van der Waals surface area contributed by atoms with Crippen molar-refractivity contribution in [2.45, 2.75) is 20.3 Å². The highest BCUT2D eigenvalue weighted by molar-refractivity contribution is 4.92. The molecule has 0 bridgehead atoms. The Bertz CT molecular complexity index is 115. The van der Waals surface area contributed by atoms with Crippen LogP contribution in [0.4, 0.5) is 0 Å². The van der Waals surface area contributed by atoms with E-state index in [0.29, 0.717) is 0 Å². The van der Waals surface area contributed by atoms with Crippen LogP contribution < -0.4 is 5.32 Å². The quantitative estimate of drug-likeness (QED) is 0.590. The minimum Gasteiger partial charge on any atom is -0.385 e. The SMILES string of the molecule is C=CC(C)(CCOC)CNCC. The van der Waals surface area contributed by atoms with Gasteiger partial charge in [-0.15, -0.1) is 6.58 Å². The van der Waals surface area contributed by atoms with Crippen LogP contribution in [-0.2, 0) is 4.74 Å². The zero-order valence-corrected chi connectivity index (χ0v) is 8.52.